The first kappa shape index (κ1) is 17.5. The maximum absolute atomic E-state index is 13.0. The zero-order valence-electron chi connectivity index (χ0n) is 13.8. The van der Waals surface area contributed by atoms with E-state index in [0.717, 1.165) is 0 Å². The largest absolute Gasteiger partial charge is 0.321 e. The smallest absolute Gasteiger partial charge is 0.257 e. The summed E-state index contributed by atoms with van der Waals surface area (Å²) < 4.78 is 0. The zero-order chi connectivity index (χ0) is 19.1. The molecule has 0 fully saturated rings. The van der Waals surface area contributed by atoms with E-state index in [0.29, 0.717) is 5.56 Å². The fraction of sp³-hybridized carbons (Fsp3) is 0. The van der Waals surface area contributed by atoms with Crippen molar-refractivity contribution in [1.29, 1.82) is 0 Å². The van der Waals surface area contributed by atoms with Gasteiger partial charge in [0.05, 0.1) is 32.4 Å². The van der Waals surface area contributed by atoms with Gasteiger partial charge in [-0.3, -0.25) is 14.4 Å². The second-order valence-corrected chi connectivity index (χ2v) is 6.80. The van der Waals surface area contributed by atoms with Crippen LogP contribution < -0.4 is 5.32 Å². The van der Waals surface area contributed by atoms with Crippen molar-refractivity contribution in [2.45, 2.75) is 0 Å². The van der Waals surface area contributed by atoms with Crippen molar-refractivity contribution in [2.24, 2.45) is 0 Å². The van der Waals surface area contributed by atoms with Crippen LogP contribution in [0.15, 0.2) is 60.7 Å². The Balaban J connectivity index is 1.84. The Morgan fingerprint density at radius 3 is 1.96 bits per heavy atom. The van der Waals surface area contributed by atoms with Gasteiger partial charge in [-0.15, -0.1) is 0 Å². The van der Waals surface area contributed by atoms with Gasteiger partial charge in [0.25, 0.3) is 5.91 Å². The number of halogens is 2. The fourth-order valence-corrected chi connectivity index (χ4v) is 3.59. The SMILES string of the molecule is O=C(Nc1ccc(Cl)c2c1C(=O)c1ccccc1C2=O)c1ccccc1Cl. The van der Waals surface area contributed by atoms with E-state index in [4.69, 9.17) is 23.2 Å². The van der Waals surface area contributed by atoms with Crippen molar-refractivity contribution in [3.63, 3.8) is 0 Å². The molecule has 6 heteroatoms. The van der Waals surface area contributed by atoms with Gasteiger partial charge in [0, 0.05) is 11.1 Å². The topological polar surface area (TPSA) is 63.2 Å². The number of hydrogen-bond donors (Lipinski definition) is 1. The number of rotatable bonds is 2. The molecule has 0 saturated carbocycles. The summed E-state index contributed by atoms with van der Waals surface area (Å²) in [5.74, 6) is -1.19. The van der Waals surface area contributed by atoms with Crippen LogP contribution >= 0.6 is 23.2 Å². The summed E-state index contributed by atoms with van der Waals surface area (Å²) in [7, 11) is 0. The van der Waals surface area contributed by atoms with Crippen molar-refractivity contribution >= 4 is 46.4 Å². The summed E-state index contributed by atoms with van der Waals surface area (Å²) in [6.45, 7) is 0. The lowest BCUT2D eigenvalue weighted by atomic mass is 9.83. The van der Waals surface area contributed by atoms with Gasteiger partial charge in [0.1, 0.15) is 0 Å². The standard InChI is InChI=1S/C21H11Cl2NO3/c22-14-8-4-3-7-13(14)21(27)24-16-10-9-15(23)17-18(16)20(26)12-6-2-1-5-11(12)19(17)25/h1-10H,(H,24,27). The van der Waals surface area contributed by atoms with Gasteiger partial charge in [-0.2, -0.15) is 0 Å². The number of carbonyl (C=O) groups excluding carboxylic acids is 3. The number of fused-ring (bicyclic) bond motifs is 2. The summed E-state index contributed by atoms with van der Waals surface area (Å²) in [6.07, 6.45) is 0. The highest BCUT2D eigenvalue weighted by Crippen LogP contribution is 2.36. The molecular formula is C21H11Cl2NO3. The number of benzene rings is 3. The Bertz CT molecular complexity index is 1140. The van der Waals surface area contributed by atoms with Gasteiger partial charge < -0.3 is 5.32 Å². The minimum atomic E-state index is -0.482. The van der Waals surface area contributed by atoms with Crippen LogP contribution in [-0.4, -0.2) is 17.5 Å². The third-order valence-electron chi connectivity index (χ3n) is 4.39. The van der Waals surface area contributed by atoms with Crippen molar-refractivity contribution in [2.75, 3.05) is 5.32 Å². The Morgan fingerprint density at radius 2 is 1.30 bits per heavy atom. The molecule has 0 radical (unpaired) electrons. The van der Waals surface area contributed by atoms with Crippen LogP contribution in [0.3, 0.4) is 0 Å². The first-order valence-corrected chi connectivity index (χ1v) is 8.81. The first-order valence-electron chi connectivity index (χ1n) is 8.06. The molecular weight excluding hydrogens is 385 g/mol. The molecule has 0 aromatic heterocycles. The van der Waals surface area contributed by atoms with Gasteiger partial charge in [0.2, 0.25) is 0 Å². The van der Waals surface area contributed by atoms with Gasteiger partial charge in [-0.1, -0.05) is 59.6 Å². The molecule has 0 atom stereocenters. The molecule has 3 aromatic carbocycles. The predicted octanol–water partition coefficient (Wildman–Crippen LogP) is 5.02. The molecule has 27 heavy (non-hydrogen) atoms. The lowest BCUT2D eigenvalue weighted by Gasteiger charge is -2.21. The third kappa shape index (κ3) is 2.83. The lowest BCUT2D eigenvalue weighted by Crippen LogP contribution is -2.24. The number of carbonyl (C=O) groups is 3. The second-order valence-electron chi connectivity index (χ2n) is 5.98. The molecule has 3 aromatic rings. The number of anilines is 1. The number of amides is 1. The number of hydrogen-bond acceptors (Lipinski definition) is 3. The normalized spacial score (nSPS) is 12.4. The van der Waals surface area contributed by atoms with Gasteiger partial charge in [-0.05, 0) is 24.3 Å². The van der Waals surface area contributed by atoms with E-state index in [1.807, 2.05) is 0 Å². The molecule has 0 saturated heterocycles. The fourth-order valence-electron chi connectivity index (χ4n) is 3.12. The average molecular weight is 396 g/mol. The Hall–Kier alpha value is -2.95. The van der Waals surface area contributed by atoms with E-state index in [9.17, 15) is 14.4 Å². The van der Waals surface area contributed by atoms with E-state index in [1.54, 1.807) is 48.5 Å². The van der Waals surface area contributed by atoms with Crippen LogP contribution in [0.4, 0.5) is 5.69 Å². The van der Waals surface area contributed by atoms with Crippen molar-refractivity contribution in [1.82, 2.24) is 0 Å². The summed E-state index contributed by atoms with van der Waals surface area (Å²) in [6, 6.07) is 16.1. The average Bonchev–Trinajstić information content (AvgIpc) is 2.67. The third-order valence-corrected chi connectivity index (χ3v) is 5.04. The van der Waals surface area contributed by atoms with Crippen LogP contribution in [0, 0.1) is 0 Å². The highest BCUT2D eigenvalue weighted by Gasteiger charge is 2.33. The first-order chi connectivity index (χ1) is 13.0. The second kappa shape index (κ2) is 6.65. The number of nitrogens with one attached hydrogen (secondary N) is 1. The van der Waals surface area contributed by atoms with Crippen LogP contribution in [0.2, 0.25) is 10.0 Å². The molecule has 4 rings (SSSR count). The number of ketones is 2. The lowest BCUT2D eigenvalue weighted by molar-refractivity contribution is 0.0978. The molecule has 0 bridgehead atoms. The molecule has 1 aliphatic rings. The van der Waals surface area contributed by atoms with E-state index >= 15 is 0 Å². The van der Waals surface area contributed by atoms with E-state index < -0.39 is 5.91 Å². The van der Waals surface area contributed by atoms with E-state index in [2.05, 4.69) is 5.32 Å². The minimum absolute atomic E-state index is 0.0894. The molecule has 1 N–H and O–H groups in total. The van der Waals surface area contributed by atoms with Gasteiger partial charge in [0.15, 0.2) is 11.6 Å². The molecule has 0 aliphatic heterocycles. The summed E-state index contributed by atoms with van der Waals surface area (Å²) in [5.41, 5.74) is 1.24. The van der Waals surface area contributed by atoms with Crippen LogP contribution in [-0.2, 0) is 0 Å². The van der Waals surface area contributed by atoms with Crippen LogP contribution in [0.5, 0.6) is 0 Å². The van der Waals surface area contributed by atoms with Crippen LogP contribution in [0.1, 0.15) is 42.2 Å². The Kier molecular flexibility index (Phi) is 4.30. The molecule has 0 spiro atoms. The monoisotopic (exact) mass is 395 g/mol. The molecule has 132 valence electrons. The van der Waals surface area contributed by atoms with Crippen molar-refractivity contribution in [3.8, 4) is 0 Å². The molecule has 0 unspecified atom stereocenters. The van der Waals surface area contributed by atoms with Gasteiger partial charge >= 0.3 is 0 Å². The molecule has 1 amide bonds. The maximum atomic E-state index is 13.0. The zero-order valence-corrected chi connectivity index (χ0v) is 15.3. The quantitative estimate of drug-likeness (QED) is 0.518. The van der Waals surface area contributed by atoms with E-state index in [-0.39, 0.29) is 49.6 Å². The maximum Gasteiger partial charge on any atom is 0.257 e. The molecule has 0 heterocycles. The highest BCUT2D eigenvalue weighted by atomic mass is 35.5. The summed E-state index contributed by atoms with van der Waals surface area (Å²) in [4.78, 5) is 38.5. The van der Waals surface area contributed by atoms with Crippen molar-refractivity contribution in [3.05, 3.63) is 98.5 Å². The predicted molar refractivity (Wildman–Crippen MR) is 104 cm³/mol. The van der Waals surface area contributed by atoms with Crippen molar-refractivity contribution < 1.29 is 14.4 Å². The molecule has 1 aliphatic carbocycles. The Labute approximate surface area is 164 Å². The van der Waals surface area contributed by atoms with Crippen LogP contribution in [0.25, 0.3) is 0 Å². The highest BCUT2D eigenvalue weighted by molar-refractivity contribution is 6.40. The summed E-state index contributed by atoms with van der Waals surface area (Å²) >= 11 is 12.3. The van der Waals surface area contributed by atoms with E-state index in [1.165, 1.54) is 12.1 Å². The molecule has 4 nitrogen and oxygen atoms in total. The Morgan fingerprint density at radius 1 is 0.704 bits per heavy atom. The summed E-state index contributed by atoms with van der Waals surface area (Å²) in [5, 5.41) is 3.12. The van der Waals surface area contributed by atoms with Gasteiger partial charge in [-0.25, -0.2) is 0 Å². The minimum Gasteiger partial charge on any atom is -0.321 e.